The molecule has 1 amide bonds. The predicted octanol–water partition coefficient (Wildman–Crippen LogP) is 4.80. The number of aliphatic hydroxyl groups excluding tert-OH is 1. The minimum Gasteiger partial charge on any atom is -0.394 e. The van der Waals surface area contributed by atoms with Gasteiger partial charge in [0.2, 0.25) is 5.91 Å². The van der Waals surface area contributed by atoms with Gasteiger partial charge in [-0.25, -0.2) is 0 Å². The van der Waals surface area contributed by atoms with Gasteiger partial charge in [0.15, 0.2) is 12.1 Å². The van der Waals surface area contributed by atoms with Gasteiger partial charge in [-0.3, -0.25) is 14.4 Å². The number of benzene rings is 1. The van der Waals surface area contributed by atoms with E-state index in [2.05, 4.69) is 17.2 Å². The van der Waals surface area contributed by atoms with E-state index in [1.54, 1.807) is 0 Å². The molecule has 7 heteroatoms. The number of anilines is 1. The summed E-state index contributed by atoms with van der Waals surface area (Å²) in [5.74, 6) is -0.0826. The van der Waals surface area contributed by atoms with E-state index in [0.717, 1.165) is 42.2 Å². The maximum absolute atomic E-state index is 13.2. The topological polar surface area (TPSA) is 102 Å². The smallest absolute Gasteiger partial charge is 0.243 e. The number of carbonyl (C=O) groups is 3. The minimum atomic E-state index is -0.520. The average Bonchev–Trinajstić information content (AvgIpc) is 3.21. The first-order chi connectivity index (χ1) is 16.8. The van der Waals surface area contributed by atoms with Crippen molar-refractivity contribution in [1.82, 2.24) is 10.3 Å². The number of hydrogen-bond acceptors (Lipinski definition) is 5. The Bertz CT molecular complexity index is 1040. The molecular weight excluding hydrogens is 442 g/mol. The summed E-state index contributed by atoms with van der Waals surface area (Å²) in [6, 6.07) is 2.74. The van der Waals surface area contributed by atoms with Crippen LogP contribution in [0, 0.1) is 5.92 Å². The van der Waals surface area contributed by atoms with Crippen LogP contribution in [0.4, 0.5) is 5.69 Å². The van der Waals surface area contributed by atoms with Crippen LogP contribution in [-0.2, 0) is 11.2 Å². The molecule has 192 valence electrons. The molecule has 1 aliphatic heterocycles. The maximum Gasteiger partial charge on any atom is 0.243 e. The van der Waals surface area contributed by atoms with Crippen molar-refractivity contribution >= 4 is 34.6 Å². The zero-order valence-electron chi connectivity index (χ0n) is 21.7. The third kappa shape index (κ3) is 5.95. The van der Waals surface area contributed by atoms with Gasteiger partial charge in [-0.2, -0.15) is 0 Å². The van der Waals surface area contributed by atoms with Crippen LogP contribution >= 0.6 is 0 Å². The lowest BCUT2D eigenvalue weighted by Crippen LogP contribution is -2.52. The number of ketones is 1. The number of nitrogens with zero attached hydrogens (tertiary/aromatic N) is 1. The van der Waals surface area contributed by atoms with E-state index < -0.39 is 12.1 Å². The Kier molecular flexibility index (Phi) is 9.49. The first kappa shape index (κ1) is 26.9. The molecule has 2 atom stereocenters. The Morgan fingerprint density at radius 2 is 1.86 bits per heavy atom. The molecule has 3 N–H and O–H groups in total. The first-order valence-electron chi connectivity index (χ1n) is 13.1. The molecule has 1 aliphatic rings. The molecule has 1 aromatic carbocycles. The first-order valence-corrected chi connectivity index (χ1v) is 13.1. The molecule has 0 saturated heterocycles. The molecular formula is C28H41N3O4. The second-order valence-corrected chi connectivity index (χ2v) is 10.2. The van der Waals surface area contributed by atoms with E-state index in [4.69, 9.17) is 0 Å². The molecule has 0 aliphatic carbocycles. The zero-order valence-corrected chi connectivity index (χ0v) is 21.7. The van der Waals surface area contributed by atoms with E-state index >= 15 is 0 Å². The fourth-order valence-electron chi connectivity index (χ4n) is 5.36. The predicted molar refractivity (Wildman–Crippen MR) is 140 cm³/mol. The number of aliphatic hydroxyl groups is 1. The Labute approximate surface area is 208 Å². The van der Waals surface area contributed by atoms with Crippen molar-refractivity contribution in [3.8, 4) is 0 Å². The van der Waals surface area contributed by atoms with E-state index in [0.29, 0.717) is 29.6 Å². The molecule has 0 unspecified atom stereocenters. The highest BCUT2D eigenvalue weighted by molar-refractivity contribution is 6.13. The number of unbranched alkanes of at least 4 members (excludes halogenated alkanes) is 6. The number of carbonyl (C=O) groups excluding carboxylic acids is 3. The van der Waals surface area contributed by atoms with Gasteiger partial charge in [0, 0.05) is 30.1 Å². The van der Waals surface area contributed by atoms with Crippen molar-refractivity contribution in [2.24, 2.45) is 5.92 Å². The van der Waals surface area contributed by atoms with Crippen molar-refractivity contribution in [2.75, 3.05) is 18.6 Å². The molecule has 2 aromatic rings. The van der Waals surface area contributed by atoms with Crippen LogP contribution in [0.1, 0.15) is 98.5 Å². The van der Waals surface area contributed by atoms with E-state index in [9.17, 15) is 19.5 Å². The van der Waals surface area contributed by atoms with Crippen molar-refractivity contribution in [2.45, 2.75) is 90.6 Å². The summed E-state index contributed by atoms with van der Waals surface area (Å²) < 4.78 is 0. The largest absolute Gasteiger partial charge is 0.394 e. The molecule has 7 nitrogen and oxygen atoms in total. The highest BCUT2D eigenvalue weighted by Crippen LogP contribution is 2.37. The Balaban J connectivity index is 1.98. The number of likely N-dealkylation sites (N-methyl/N-ethyl adjacent to an activating group) is 1. The van der Waals surface area contributed by atoms with Crippen molar-refractivity contribution in [3.63, 3.8) is 0 Å². The number of nitrogens with one attached hydrogen (secondary N) is 2. The van der Waals surface area contributed by atoms with Gasteiger partial charge in [-0.15, -0.1) is 0 Å². The Morgan fingerprint density at radius 1 is 1.17 bits per heavy atom. The fourth-order valence-corrected chi connectivity index (χ4v) is 5.36. The molecule has 0 saturated carbocycles. The summed E-state index contributed by atoms with van der Waals surface area (Å²) in [7, 11) is 1.87. The van der Waals surface area contributed by atoms with Gasteiger partial charge < -0.3 is 20.3 Å². The standard InChI is InChI=1S/C28H41N3O4/c1-5-6-7-8-9-10-11-12-24(34)20-13-14-23-25-21(22(17-33)30-26(20)25)15-19(16-32)29-28(35)27(18(2)3)31(23)4/h13-14,17-19,27,30,32H,5-12,15-16H2,1-4H3,(H,29,35)/t19-,27-/m0/s1. The van der Waals surface area contributed by atoms with Gasteiger partial charge in [-0.05, 0) is 36.5 Å². The number of aromatic amines is 1. The summed E-state index contributed by atoms with van der Waals surface area (Å²) >= 11 is 0. The van der Waals surface area contributed by atoms with Gasteiger partial charge in [0.25, 0.3) is 0 Å². The van der Waals surface area contributed by atoms with Gasteiger partial charge in [0.1, 0.15) is 6.04 Å². The van der Waals surface area contributed by atoms with Crippen molar-refractivity contribution in [1.29, 1.82) is 0 Å². The van der Waals surface area contributed by atoms with Gasteiger partial charge >= 0.3 is 0 Å². The van der Waals surface area contributed by atoms with E-state index in [1.807, 2.05) is 37.9 Å². The van der Waals surface area contributed by atoms with E-state index in [-0.39, 0.29) is 24.2 Å². The minimum absolute atomic E-state index is 0.0130. The van der Waals surface area contributed by atoms with Crippen LogP contribution in [0.15, 0.2) is 12.1 Å². The summed E-state index contributed by atoms with van der Waals surface area (Å²) in [6.07, 6.45) is 9.53. The summed E-state index contributed by atoms with van der Waals surface area (Å²) in [5, 5.41) is 13.7. The normalized spacial score (nSPS) is 18.3. The van der Waals surface area contributed by atoms with Crippen molar-refractivity contribution in [3.05, 3.63) is 29.0 Å². The molecule has 3 rings (SSSR count). The SMILES string of the molecule is CCCCCCCCCC(=O)c1ccc2c3c(c(C=O)[nH]c13)C[C@@H](CO)NC(=O)[C@H](C(C)C)N2C. The molecule has 1 aromatic heterocycles. The highest BCUT2D eigenvalue weighted by Gasteiger charge is 2.33. The Morgan fingerprint density at radius 3 is 2.49 bits per heavy atom. The van der Waals surface area contributed by atoms with Crippen LogP contribution in [0.5, 0.6) is 0 Å². The summed E-state index contributed by atoms with van der Waals surface area (Å²) in [6.45, 7) is 5.94. The monoisotopic (exact) mass is 483 g/mol. The third-order valence-electron chi connectivity index (χ3n) is 7.21. The van der Waals surface area contributed by atoms with Gasteiger partial charge in [-0.1, -0.05) is 59.3 Å². The van der Waals surface area contributed by atoms with Crippen LogP contribution in [-0.4, -0.2) is 53.8 Å². The number of aromatic nitrogens is 1. The lowest BCUT2D eigenvalue weighted by Gasteiger charge is -2.32. The number of H-pyrrole nitrogens is 1. The van der Waals surface area contributed by atoms with Gasteiger partial charge in [0.05, 0.1) is 23.9 Å². The molecule has 0 radical (unpaired) electrons. The average molecular weight is 484 g/mol. The molecule has 0 fully saturated rings. The molecule has 35 heavy (non-hydrogen) atoms. The molecule has 2 heterocycles. The maximum atomic E-state index is 13.2. The summed E-state index contributed by atoms with van der Waals surface area (Å²) in [5.41, 5.74) is 3.15. The number of Topliss-reactive ketones (excluding diaryl/α,β-unsaturated/α-hetero) is 1. The lowest BCUT2D eigenvalue weighted by atomic mass is 9.96. The van der Waals surface area contributed by atoms with Crippen LogP contribution in [0.3, 0.4) is 0 Å². The fraction of sp³-hybridized carbons (Fsp3) is 0.607. The number of rotatable bonds is 12. The Hall–Kier alpha value is -2.67. The zero-order chi connectivity index (χ0) is 25.5. The van der Waals surface area contributed by atoms with E-state index in [1.165, 1.54) is 25.7 Å². The lowest BCUT2D eigenvalue weighted by molar-refractivity contribution is -0.124. The quantitative estimate of drug-likeness (QED) is 0.229. The van der Waals surface area contributed by atoms with Crippen LogP contribution in [0.25, 0.3) is 10.9 Å². The van der Waals surface area contributed by atoms with Crippen LogP contribution in [0.2, 0.25) is 0 Å². The second kappa shape index (κ2) is 12.3. The van der Waals surface area contributed by atoms with Crippen molar-refractivity contribution < 1.29 is 19.5 Å². The number of aldehydes is 1. The summed E-state index contributed by atoms with van der Waals surface area (Å²) in [4.78, 5) is 43.5. The highest BCUT2D eigenvalue weighted by atomic mass is 16.3. The molecule has 0 spiro atoms. The van der Waals surface area contributed by atoms with Crippen LogP contribution < -0.4 is 10.2 Å². The number of hydrogen-bond donors (Lipinski definition) is 3. The molecule has 0 bridgehead atoms. The number of amides is 1. The third-order valence-corrected chi connectivity index (χ3v) is 7.21. The second-order valence-electron chi connectivity index (χ2n) is 10.2.